The van der Waals surface area contributed by atoms with Crippen molar-refractivity contribution in [2.45, 2.75) is 45.5 Å². The smallest absolute Gasteiger partial charge is 0.367 e. The Balaban J connectivity index is 1.75. The topological polar surface area (TPSA) is 41.6 Å². The highest BCUT2D eigenvalue weighted by Gasteiger charge is 2.27. The number of ether oxygens (including phenoxy) is 1. The monoisotopic (exact) mass is 372 g/mol. The SMILES string of the molecule is CC1CCN(C(C)CNC(=O)c2ccc(COCC(F)(F)F)cc2)CC1. The van der Waals surface area contributed by atoms with Crippen molar-refractivity contribution in [3.8, 4) is 0 Å². The van der Waals surface area contributed by atoms with E-state index in [0.717, 1.165) is 19.0 Å². The van der Waals surface area contributed by atoms with Gasteiger partial charge in [-0.05, 0) is 56.5 Å². The van der Waals surface area contributed by atoms with Gasteiger partial charge in [-0.3, -0.25) is 9.69 Å². The number of likely N-dealkylation sites (tertiary alicyclic amines) is 1. The van der Waals surface area contributed by atoms with Gasteiger partial charge in [0.15, 0.2) is 0 Å². The van der Waals surface area contributed by atoms with Crippen LogP contribution in [0.2, 0.25) is 0 Å². The number of nitrogens with one attached hydrogen (secondary N) is 1. The van der Waals surface area contributed by atoms with E-state index in [0.29, 0.717) is 17.7 Å². The first-order valence-electron chi connectivity index (χ1n) is 9.00. The number of nitrogens with zero attached hydrogens (tertiary/aromatic N) is 1. The summed E-state index contributed by atoms with van der Waals surface area (Å²) in [6.07, 6.45) is -1.95. The summed E-state index contributed by atoms with van der Waals surface area (Å²) in [7, 11) is 0. The third-order valence-electron chi connectivity index (χ3n) is 4.75. The molecule has 1 heterocycles. The maximum absolute atomic E-state index is 12.2. The van der Waals surface area contributed by atoms with Crippen LogP contribution in [0.15, 0.2) is 24.3 Å². The largest absolute Gasteiger partial charge is 0.411 e. The van der Waals surface area contributed by atoms with Crippen molar-refractivity contribution in [1.82, 2.24) is 10.2 Å². The molecule has 0 aliphatic carbocycles. The summed E-state index contributed by atoms with van der Waals surface area (Å²) in [6.45, 7) is 5.66. The number of alkyl halides is 3. The van der Waals surface area contributed by atoms with Gasteiger partial charge in [0, 0.05) is 18.2 Å². The fourth-order valence-electron chi connectivity index (χ4n) is 2.98. The van der Waals surface area contributed by atoms with Crippen molar-refractivity contribution in [2.24, 2.45) is 5.92 Å². The summed E-state index contributed by atoms with van der Waals surface area (Å²) in [5.74, 6) is 0.594. The van der Waals surface area contributed by atoms with E-state index in [9.17, 15) is 18.0 Å². The van der Waals surface area contributed by atoms with Crippen LogP contribution in [-0.2, 0) is 11.3 Å². The van der Waals surface area contributed by atoms with Crippen LogP contribution in [0.1, 0.15) is 42.6 Å². The van der Waals surface area contributed by atoms with Crippen molar-refractivity contribution in [3.63, 3.8) is 0 Å². The Morgan fingerprint density at radius 3 is 2.46 bits per heavy atom. The van der Waals surface area contributed by atoms with Gasteiger partial charge >= 0.3 is 6.18 Å². The van der Waals surface area contributed by atoms with E-state index >= 15 is 0 Å². The van der Waals surface area contributed by atoms with Gasteiger partial charge in [0.05, 0.1) is 6.61 Å². The van der Waals surface area contributed by atoms with E-state index in [1.807, 2.05) is 0 Å². The summed E-state index contributed by atoms with van der Waals surface area (Å²) in [5.41, 5.74) is 1.09. The van der Waals surface area contributed by atoms with E-state index in [2.05, 4.69) is 28.8 Å². The molecule has 1 aromatic rings. The van der Waals surface area contributed by atoms with Crippen LogP contribution < -0.4 is 5.32 Å². The molecule has 4 nitrogen and oxygen atoms in total. The Labute approximate surface area is 152 Å². The van der Waals surface area contributed by atoms with Crippen LogP contribution in [0.3, 0.4) is 0 Å². The molecule has 26 heavy (non-hydrogen) atoms. The molecule has 1 saturated heterocycles. The molecule has 7 heteroatoms. The second kappa shape index (κ2) is 9.37. The lowest BCUT2D eigenvalue weighted by Gasteiger charge is -2.35. The second-order valence-corrected chi connectivity index (χ2v) is 7.08. The number of rotatable bonds is 7. The lowest BCUT2D eigenvalue weighted by Crippen LogP contribution is -2.45. The van der Waals surface area contributed by atoms with Gasteiger partial charge in [-0.15, -0.1) is 0 Å². The lowest BCUT2D eigenvalue weighted by atomic mass is 9.98. The van der Waals surface area contributed by atoms with Gasteiger partial charge in [-0.25, -0.2) is 0 Å². The fraction of sp³-hybridized carbons (Fsp3) is 0.632. The first-order valence-corrected chi connectivity index (χ1v) is 9.00. The van der Waals surface area contributed by atoms with Gasteiger partial charge in [0.1, 0.15) is 6.61 Å². The maximum atomic E-state index is 12.2. The number of hydrogen-bond acceptors (Lipinski definition) is 3. The molecule has 1 atom stereocenters. The molecule has 1 aliphatic heterocycles. The number of halogens is 3. The van der Waals surface area contributed by atoms with Crippen molar-refractivity contribution >= 4 is 5.91 Å². The highest BCUT2D eigenvalue weighted by atomic mass is 19.4. The van der Waals surface area contributed by atoms with Crippen LogP contribution in [-0.4, -0.2) is 49.3 Å². The normalized spacial score (nSPS) is 17.9. The van der Waals surface area contributed by atoms with E-state index in [-0.39, 0.29) is 18.6 Å². The second-order valence-electron chi connectivity index (χ2n) is 7.08. The Kier molecular flexibility index (Phi) is 7.46. The summed E-state index contributed by atoms with van der Waals surface area (Å²) >= 11 is 0. The van der Waals surface area contributed by atoms with Gasteiger partial charge < -0.3 is 10.1 Å². The summed E-state index contributed by atoms with van der Waals surface area (Å²) in [5, 5.41) is 2.93. The van der Waals surface area contributed by atoms with Crippen LogP contribution >= 0.6 is 0 Å². The first kappa shape index (κ1) is 20.7. The molecule has 0 aromatic heterocycles. The molecule has 0 spiro atoms. The molecule has 0 radical (unpaired) electrons. The summed E-state index contributed by atoms with van der Waals surface area (Å²) in [6, 6.07) is 6.71. The third-order valence-corrected chi connectivity index (χ3v) is 4.75. The predicted octanol–water partition coefficient (Wildman–Crippen LogP) is 3.62. The van der Waals surface area contributed by atoms with Crippen molar-refractivity contribution in [3.05, 3.63) is 35.4 Å². The van der Waals surface area contributed by atoms with Crippen LogP contribution in [0.4, 0.5) is 13.2 Å². The Bertz CT molecular complexity index is 567. The summed E-state index contributed by atoms with van der Waals surface area (Å²) in [4.78, 5) is 14.6. The van der Waals surface area contributed by atoms with Crippen LogP contribution in [0.5, 0.6) is 0 Å². The average molecular weight is 372 g/mol. The molecule has 1 aliphatic rings. The summed E-state index contributed by atoms with van der Waals surface area (Å²) < 4.78 is 40.8. The standard InChI is InChI=1S/C19H27F3N2O2/c1-14-7-9-24(10-8-14)15(2)11-23-18(25)17-5-3-16(4-6-17)12-26-13-19(20,21)22/h3-6,14-15H,7-13H2,1-2H3,(H,23,25). The Hall–Kier alpha value is -1.60. The minimum atomic E-state index is -4.33. The minimum absolute atomic E-state index is 0.133. The Morgan fingerprint density at radius 1 is 1.27 bits per heavy atom. The molecular formula is C19H27F3N2O2. The lowest BCUT2D eigenvalue weighted by molar-refractivity contribution is -0.176. The molecule has 1 fully saturated rings. The molecule has 0 bridgehead atoms. The molecular weight excluding hydrogens is 345 g/mol. The van der Waals surface area contributed by atoms with Crippen molar-refractivity contribution in [1.29, 1.82) is 0 Å². The van der Waals surface area contributed by atoms with Crippen LogP contribution in [0.25, 0.3) is 0 Å². The van der Waals surface area contributed by atoms with E-state index < -0.39 is 12.8 Å². The first-order chi connectivity index (χ1) is 12.2. The average Bonchev–Trinajstić information content (AvgIpc) is 2.59. The van der Waals surface area contributed by atoms with E-state index in [1.54, 1.807) is 24.3 Å². The fourth-order valence-corrected chi connectivity index (χ4v) is 2.98. The molecule has 0 saturated carbocycles. The third kappa shape index (κ3) is 6.96. The number of amides is 1. The quantitative estimate of drug-likeness (QED) is 0.795. The van der Waals surface area contributed by atoms with Gasteiger partial charge in [-0.2, -0.15) is 13.2 Å². The predicted molar refractivity (Wildman–Crippen MR) is 93.9 cm³/mol. The number of carbonyl (C=O) groups is 1. The van der Waals surface area contributed by atoms with Crippen LogP contribution in [0, 0.1) is 5.92 Å². The van der Waals surface area contributed by atoms with Gasteiger partial charge in [-0.1, -0.05) is 19.1 Å². The highest BCUT2D eigenvalue weighted by Crippen LogP contribution is 2.18. The zero-order chi connectivity index (χ0) is 19.2. The number of hydrogen-bond donors (Lipinski definition) is 1. The zero-order valence-electron chi connectivity index (χ0n) is 15.3. The highest BCUT2D eigenvalue weighted by molar-refractivity contribution is 5.94. The number of piperidine rings is 1. The van der Waals surface area contributed by atoms with Crippen molar-refractivity contribution in [2.75, 3.05) is 26.2 Å². The molecule has 146 valence electrons. The van der Waals surface area contributed by atoms with Gasteiger partial charge in [0.25, 0.3) is 5.91 Å². The number of benzene rings is 1. The Morgan fingerprint density at radius 2 is 1.88 bits per heavy atom. The van der Waals surface area contributed by atoms with Crippen molar-refractivity contribution < 1.29 is 22.7 Å². The minimum Gasteiger partial charge on any atom is -0.367 e. The van der Waals surface area contributed by atoms with Gasteiger partial charge in [0.2, 0.25) is 0 Å². The van der Waals surface area contributed by atoms with E-state index in [1.165, 1.54) is 12.8 Å². The zero-order valence-corrected chi connectivity index (χ0v) is 15.3. The molecule has 1 unspecified atom stereocenters. The maximum Gasteiger partial charge on any atom is 0.411 e. The number of carbonyl (C=O) groups excluding carboxylic acids is 1. The molecule has 1 N–H and O–H groups in total. The van der Waals surface area contributed by atoms with E-state index in [4.69, 9.17) is 0 Å². The molecule has 2 rings (SSSR count). The molecule has 1 aromatic carbocycles. The molecule has 1 amide bonds.